The lowest BCUT2D eigenvalue weighted by Crippen LogP contribution is -2.30. The Morgan fingerprint density at radius 2 is 1.95 bits per heavy atom. The monoisotopic (exact) mass is 299 g/mol. The molecule has 0 spiro atoms. The number of ether oxygens (including phenoxy) is 1. The van der Waals surface area contributed by atoms with Crippen LogP contribution in [0, 0.1) is 13.8 Å². The normalized spacial score (nSPS) is 11.3. The van der Waals surface area contributed by atoms with Crippen LogP contribution in [-0.2, 0) is 19.6 Å². The smallest absolute Gasteiger partial charge is 0.264 e. The van der Waals surface area contributed by atoms with Crippen molar-refractivity contribution in [1.82, 2.24) is 4.72 Å². The van der Waals surface area contributed by atoms with Crippen molar-refractivity contribution in [2.45, 2.75) is 38.5 Å². The van der Waals surface area contributed by atoms with Crippen LogP contribution < -0.4 is 4.72 Å². The first-order valence-electron chi connectivity index (χ1n) is 6.57. The Kier molecular flexibility index (Phi) is 6.16. The maximum absolute atomic E-state index is 12.0. The first-order valence-corrected chi connectivity index (χ1v) is 8.05. The van der Waals surface area contributed by atoms with Crippen LogP contribution in [0.3, 0.4) is 0 Å². The lowest BCUT2D eigenvalue weighted by Gasteiger charge is -2.08. The molecule has 1 amide bonds. The third-order valence-electron chi connectivity index (χ3n) is 2.93. The molecule has 0 aliphatic carbocycles. The maximum atomic E-state index is 12.0. The topological polar surface area (TPSA) is 72.5 Å². The zero-order chi connectivity index (χ0) is 15.2. The quantitative estimate of drug-likeness (QED) is 0.781. The van der Waals surface area contributed by atoms with Crippen molar-refractivity contribution in [2.24, 2.45) is 0 Å². The van der Waals surface area contributed by atoms with Crippen molar-refractivity contribution < 1.29 is 17.9 Å². The lowest BCUT2D eigenvalue weighted by molar-refractivity contribution is -0.119. The first-order chi connectivity index (χ1) is 9.36. The van der Waals surface area contributed by atoms with Crippen molar-refractivity contribution in [2.75, 3.05) is 13.2 Å². The van der Waals surface area contributed by atoms with Crippen LogP contribution in [0.25, 0.3) is 0 Å². The van der Waals surface area contributed by atoms with Crippen LogP contribution in [0.1, 0.15) is 30.9 Å². The SMILES string of the molecule is CCOCCCC(=O)NS(=O)(=O)c1ccc(C)c(C)c1. The second kappa shape index (κ2) is 7.40. The Morgan fingerprint density at radius 1 is 1.25 bits per heavy atom. The predicted molar refractivity (Wildman–Crippen MR) is 77.0 cm³/mol. The van der Waals surface area contributed by atoms with Gasteiger partial charge in [0.2, 0.25) is 5.91 Å². The fourth-order valence-electron chi connectivity index (χ4n) is 1.62. The van der Waals surface area contributed by atoms with Crippen molar-refractivity contribution in [3.8, 4) is 0 Å². The van der Waals surface area contributed by atoms with Gasteiger partial charge >= 0.3 is 0 Å². The summed E-state index contributed by atoms with van der Waals surface area (Å²) in [6.45, 7) is 6.64. The molecule has 0 radical (unpaired) electrons. The van der Waals surface area contributed by atoms with Gasteiger partial charge < -0.3 is 4.74 Å². The molecule has 112 valence electrons. The largest absolute Gasteiger partial charge is 0.382 e. The number of carbonyl (C=O) groups excluding carboxylic acids is 1. The standard InChI is InChI=1S/C14H21NO4S/c1-4-19-9-5-6-14(16)15-20(17,18)13-8-7-11(2)12(3)10-13/h7-8,10H,4-6,9H2,1-3H3,(H,15,16). The van der Waals surface area contributed by atoms with Gasteiger partial charge in [0.25, 0.3) is 10.0 Å². The Balaban J connectivity index is 2.65. The highest BCUT2D eigenvalue weighted by Crippen LogP contribution is 2.14. The summed E-state index contributed by atoms with van der Waals surface area (Å²) in [5, 5.41) is 0. The van der Waals surface area contributed by atoms with E-state index >= 15 is 0 Å². The molecule has 0 fully saturated rings. The third-order valence-corrected chi connectivity index (χ3v) is 4.30. The molecule has 0 heterocycles. The van der Waals surface area contributed by atoms with Crippen molar-refractivity contribution in [3.63, 3.8) is 0 Å². The summed E-state index contributed by atoms with van der Waals surface area (Å²) in [4.78, 5) is 11.7. The zero-order valence-corrected chi connectivity index (χ0v) is 12.9. The van der Waals surface area contributed by atoms with E-state index in [0.29, 0.717) is 19.6 Å². The minimum Gasteiger partial charge on any atom is -0.382 e. The molecule has 0 atom stereocenters. The molecule has 1 rings (SSSR count). The number of aryl methyl sites for hydroxylation is 2. The molecule has 1 N–H and O–H groups in total. The van der Waals surface area contributed by atoms with E-state index in [-0.39, 0.29) is 11.3 Å². The minimum absolute atomic E-state index is 0.110. The lowest BCUT2D eigenvalue weighted by atomic mass is 10.1. The molecule has 0 aromatic heterocycles. The van der Waals surface area contributed by atoms with E-state index in [9.17, 15) is 13.2 Å². The van der Waals surface area contributed by atoms with Crippen LogP contribution in [0.15, 0.2) is 23.1 Å². The Morgan fingerprint density at radius 3 is 2.55 bits per heavy atom. The number of benzene rings is 1. The van der Waals surface area contributed by atoms with Gasteiger partial charge in [-0.3, -0.25) is 4.79 Å². The summed E-state index contributed by atoms with van der Waals surface area (Å²) in [5.41, 5.74) is 1.88. The van der Waals surface area contributed by atoms with E-state index in [1.165, 1.54) is 6.07 Å². The molecule has 0 aliphatic heterocycles. The van der Waals surface area contributed by atoms with E-state index in [0.717, 1.165) is 11.1 Å². The molecule has 0 saturated carbocycles. The molecule has 1 aromatic rings. The summed E-state index contributed by atoms with van der Waals surface area (Å²) in [6.07, 6.45) is 0.631. The summed E-state index contributed by atoms with van der Waals surface area (Å²) in [6, 6.07) is 4.78. The fourth-order valence-corrected chi connectivity index (χ4v) is 2.72. The number of amides is 1. The molecule has 6 heteroatoms. The van der Waals surface area contributed by atoms with Gasteiger partial charge in [-0.1, -0.05) is 6.07 Å². The van der Waals surface area contributed by atoms with Crippen LogP contribution in [-0.4, -0.2) is 27.5 Å². The van der Waals surface area contributed by atoms with Crippen LogP contribution in [0.4, 0.5) is 0 Å². The molecule has 1 aromatic carbocycles. The molecular weight excluding hydrogens is 278 g/mol. The number of rotatable bonds is 7. The van der Waals surface area contributed by atoms with Crippen LogP contribution in [0.5, 0.6) is 0 Å². The van der Waals surface area contributed by atoms with Gasteiger partial charge in [0.05, 0.1) is 4.90 Å². The van der Waals surface area contributed by atoms with Crippen molar-refractivity contribution in [3.05, 3.63) is 29.3 Å². The van der Waals surface area contributed by atoms with Gasteiger partial charge in [-0.2, -0.15) is 0 Å². The Hall–Kier alpha value is -1.40. The average molecular weight is 299 g/mol. The summed E-state index contributed by atoms with van der Waals surface area (Å²) in [5.74, 6) is -0.511. The van der Waals surface area contributed by atoms with E-state index < -0.39 is 15.9 Å². The maximum Gasteiger partial charge on any atom is 0.264 e. The highest BCUT2D eigenvalue weighted by molar-refractivity contribution is 7.90. The first kappa shape index (κ1) is 16.7. The highest BCUT2D eigenvalue weighted by Gasteiger charge is 2.17. The fraction of sp³-hybridized carbons (Fsp3) is 0.500. The van der Waals surface area contributed by atoms with Gasteiger partial charge in [-0.05, 0) is 50.5 Å². The Bertz CT molecular complexity index is 567. The molecule has 0 aliphatic rings. The number of hydrogen-bond acceptors (Lipinski definition) is 4. The van der Waals surface area contributed by atoms with Crippen LogP contribution >= 0.6 is 0 Å². The molecule has 0 unspecified atom stereocenters. The molecule has 0 bridgehead atoms. The summed E-state index contributed by atoms with van der Waals surface area (Å²) < 4.78 is 31.2. The minimum atomic E-state index is -3.78. The van der Waals surface area contributed by atoms with Gasteiger partial charge in [-0.15, -0.1) is 0 Å². The third kappa shape index (κ3) is 4.94. The summed E-state index contributed by atoms with van der Waals surface area (Å²) >= 11 is 0. The predicted octanol–water partition coefficient (Wildman–Crippen LogP) is 1.93. The highest BCUT2D eigenvalue weighted by atomic mass is 32.2. The second-order valence-electron chi connectivity index (χ2n) is 4.58. The van der Waals surface area contributed by atoms with Crippen molar-refractivity contribution >= 4 is 15.9 Å². The number of hydrogen-bond donors (Lipinski definition) is 1. The van der Waals surface area contributed by atoms with E-state index in [2.05, 4.69) is 4.72 Å². The average Bonchev–Trinajstić information content (AvgIpc) is 2.37. The van der Waals surface area contributed by atoms with Crippen molar-refractivity contribution in [1.29, 1.82) is 0 Å². The molecule has 0 saturated heterocycles. The van der Waals surface area contributed by atoms with Crippen LogP contribution in [0.2, 0.25) is 0 Å². The molecule has 5 nitrogen and oxygen atoms in total. The second-order valence-corrected chi connectivity index (χ2v) is 6.26. The Labute approximate surface area is 120 Å². The van der Waals surface area contributed by atoms with Gasteiger partial charge in [0.15, 0.2) is 0 Å². The zero-order valence-electron chi connectivity index (χ0n) is 12.1. The van der Waals surface area contributed by atoms with E-state index in [4.69, 9.17) is 4.74 Å². The number of sulfonamides is 1. The van der Waals surface area contributed by atoms with Gasteiger partial charge in [-0.25, -0.2) is 13.1 Å². The van der Waals surface area contributed by atoms with Gasteiger partial charge in [0.1, 0.15) is 0 Å². The number of carbonyl (C=O) groups is 1. The molecule has 20 heavy (non-hydrogen) atoms. The summed E-state index contributed by atoms with van der Waals surface area (Å²) in [7, 11) is -3.78. The van der Waals surface area contributed by atoms with Gasteiger partial charge in [0, 0.05) is 19.6 Å². The van der Waals surface area contributed by atoms with E-state index in [1.807, 2.05) is 20.8 Å². The molecular formula is C14H21NO4S. The van der Waals surface area contributed by atoms with E-state index in [1.54, 1.807) is 12.1 Å². The number of nitrogens with one attached hydrogen (secondary N) is 1.